The predicted molar refractivity (Wildman–Crippen MR) is 85.6 cm³/mol. The Kier molecular flexibility index (Phi) is 4.63. The third kappa shape index (κ3) is 3.23. The fourth-order valence-corrected chi connectivity index (χ4v) is 3.57. The molecule has 6 heteroatoms. The molecule has 0 radical (unpaired) electrons. The molecule has 1 aromatic carbocycles. The Morgan fingerprint density at radius 2 is 2.22 bits per heavy atom. The fraction of sp³-hybridized carbons (Fsp3) is 0.529. The smallest absolute Gasteiger partial charge is 0.319 e. The number of rotatable bonds is 5. The molecule has 1 aromatic rings. The molecule has 2 N–H and O–H groups in total. The summed E-state index contributed by atoms with van der Waals surface area (Å²) in [6, 6.07) is 6.73. The molecular formula is C17H22N2O4. The highest BCUT2D eigenvalue weighted by molar-refractivity contribution is 5.96. The number of carbonyl (C=O) groups excluding carboxylic acids is 2. The number of nitrogens with one attached hydrogen (secondary N) is 2. The molecule has 124 valence electrons. The number of amides is 2. The molecule has 1 saturated heterocycles. The predicted octanol–water partition coefficient (Wildman–Crippen LogP) is 2.06. The van der Waals surface area contributed by atoms with E-state index in [1.54, 1.807) is 31.4 Å². The first-order valence-electron chi connectivity index (χ1n) is 7.89. The molecule has 1 heterocycles. The fourth-order valence-electron chi connectivity index (χ4n) is 3.57. The third-order valence-electron chi connectivity index (χ3n) is 4.71. The molecule has 0 unspecified atom stereocenters. The number of hydrogen-bond acceptors (Lipinski definition) is 4. The SMILES string of the molecule is COC[C@@H]1[C@H](NC(=O)Nc2cccc(C(C)=O)c2)[C@H]2CCO[C@H]21. The van der Waals surface area contributed by atoms with E-state index in [4.69, 9.17) is 9.47 Å². The van der Waals surface area contributed by atoms with Gasteiger partial charge in [-0.25, -0.2) is 4.79 Å². The Labute approximate surface area is 135 Å². The molecule has 3 rings (SSSR count). The van der Waals surface area contributed by atoms with Crippen LogP contribution in [-0.2, 0) is 9.47 Å². The van der Waals surface area contributed by atoms with Gasteiger partial charge in [-0.1, -0.05) is 12.1 Å². The Bertz CT molecular complexity index is 604. The first kappa shape index (κ1) is 16.0. The molecule has 0 bridgehead atoms. The normalized spacial score (nSPS) is 28.6. The summed E-state index contributed by atoms with van der Waals surface area (Å²) in [6.45, 7) is 2.82. The minimum atomic E-state index is -0.262. The first-order valence-corrected chi connectivity index (χ1v) is 7.89. The number of carbonyl (C=O) groups is 2. The molecule has 0 spiro atoms. The molecule has 1 saturated carbocycles. The first-order chi connectivity index (χ1) is 11.1. The molecule has 2 amide bonds. The maximum atomic E-state index is 12.2. The maximum Gasteiger partial charge on any atom is 0.319 e. The van der Waals surface area contributed by atoms with Gasteiger partial charge < -0.3 is 20.1 Å². The number of methoxy groups -OCH3 is 1. The van der Waals surface area contributed by atoms with Crippen molar-refractivity contribution >= 4 is 17.5 Å². The zero-order chi connectivity index (χ0) is 16.4. The van der Waals surface area contributed by atoms with Gasteiger partial charge in [0, 0.05) is 42.8 Å². The van der Waals surface area contributed by atoms with Crippen LogP contribution < -0.4 is 10.6 Å². The number of anilines is 1. The second-order valence-corrected chi connectivity index (χ2v) is 6.17. The van der Waals surface area contributed by atoms with Gasteiger partial charge >= 0.3 is 6.03 Å². The summed E-state index contributed by atoms with van der Waals surface area (Å²) in [5.74, 6) is 0.533. The van der Waals surface area contributed by atoms with Crippen LogP contribution in [0.1, 0.15) is 23.7 Å². The monoisotopic (exact) mass is 318 g/mol. The van der Waals surface area contributed by atoms with Crippen molar-refractivity contribution in [1.82, 2.24) is 5.32 Å². The lowest BCUT2D eigenvalue weighted by Crippen LogP contribution is -2.63. The zero-order valence-electron chi connectivity index (χ0n) is 13.4. The number of Topliss-reactive ketones (excluding diaryl/α,β-unsaturated/α-hetero) is 1. The number of ketones is 1. The van der Waals surface area contributed by atoms with Gasteiger partial charge in [0.25, 0.3) is 0 Å². The zero-order valence-corrected chi connectivity index (χ0v) is 13.4. The van der Waals surface area contributed by atoms with Crippen molar-refractivity contribution in [1.29, 1.82) is 0 Å². The quantitative estimate of drug-likeness (QED) is 0.815. The number of urea groups is 1. The van der Waals surface area contributed by atoms with Crippen molar-refractivity contribution in [3.8, 4) is 0 Å². The average Bonchev–Trinajstić information content (AvgIpc) is 2.95. The highest BCUT2D eigenvalue weighted by Crippen LogP contribution is 2.43. The molecule has 1 aliphatic heterocycles. The Morgan fingerprint density at radius 3 is 2.96 bits per heavy atom. The summed E-state index contributed by atoms with van der Waals surface area (Å²) >= 11 is 0. The summed E-state index contributed by atoms with van der Waals surface area (Å²) in [5.41, 5.74) is 1.19. The van der Waals surface area contributed by atoms with E-state index in [0.717, 1.165) is 13.0 Å². The summed E-state index contributed by atoms with van der Waals surface area (Å²) < 4.78 is 10.9. The number of hydrogen-bond donors (Lipinski definition) is 2. The third-order valence-corrected chi connectivity index (χ3v) is 4.71. The second kappa shape index (κ2) is 6.68. The Morgan fingerprint density at radius 1 is 1.39 bits per heavy atom. The van der Waals surface area contributed by atoms with Gasteiger partial charge in [0.05, 0.1) is 12.7 Å². The lowest BCUT2D eigenvalue weighted by molar-refractivity contribution is -0.0798. The Balaban J connectivity index is 1.60. The van der Waals surface area contributed by atoms with Crippen LogP contribution in [0, 0.1) is 11.8 Å². The number of benzene rings is 1. The van der Waals surface area contributed by atoms with E-state index in [0.29, 0.717) is 23.8 Å². The van der Waals surface area contributed by atoms with E-state index in [2.05, 4.69) is 10.6 Å². The van der Waals surface area contributed by atoms with Crippen LogP contribution >= 0.6 is 0 Å². The van der Waals surface area contributed by atoms with Crippen molar-refractivity contribution in [2.75, 3.05) is 25.6 Å². The largest absolute Gasteiger partial charge is 0.384 e. The van der Waals surface area contributed by atoms with Crippen LogP contribution in [0.3, 0.4) is 0 Å². The van der Waals surface area contributed by atoms with Crippen molar-refractivity contribution in [3.63, 3.8) is 0 Å². The lowest BCUT2D eigenvalue weighted by Gasteiger charge is -2.47. The van der Waals surface area contributed by atoms with Gasteiger partial charge in [-0.2, -0.15) is 0 Å². The Hall–Kier alpha value is -1.92. The average molecular weight is 318 g/mol. The highest BCUT2D eigenvalue weighted by Gasteiger charge is 2.54. The minimum Gasteiger partial charge on any atom is -0.384 e. The highest BCUT2D eigenvalue weighted by atomic mass is 16.5. The van der Waals surface area contributed by atoms with Crippen LogP contribution in [-0.4, -0.2) is 44.3 Å². The van der Waals surface area contributed by atoms with E-state index in [1.807, 2.05) is 0 Å². The van der Waals surface area contributed by atoms with Crippen LogP contribution in [0.4, 0.5) is 10.5 Å². The molecule has 4 atom stereocenters. The number of ether oxygens (including phenoxy) is 2. The van der Waals surface area contributed by atoms with Gasteiger partial charge in [-0.3, -0.25) is 4.79 Å². The molecule has 1 aliphatic carbocycles. The lowest BCUT2D eigenvalue weighted by atomic mass is 9.67. The van der Waals surface area contributed by atoms with Gasteiger partial charge in [-0.05, 0) is 25.5 Å². The van der Waals surface area contributed by atoms with Crippen LogP contribution in [0.5, 0.6) is 0 Å². The maximum absolute atomic E-state index is 12.2. The molecular weight excluding hydrogens is 296 g/mol. The van der Waals surface area contributed by atoms with Crippen molar-refractivity contribution in [2.45, 2.75) is 25.5 Å². The molecule has 2 fully saturated rings. The van der Waals surface area contributed by atoms with Gasteiger partial charge in [-0.15, -0.1) is 0 Å². The van der Waals surface area contributed by atoms with Crippen LogP contribution in [0.25, 0.3) is 0 Å². The molecule has 0 aromatic heterocycles. The van der Waals surface area contributed by atoms with Gasteiger partial charge in [0.1, 0.15) is 0 Å². The van der Waals surface area contributed by atoms with E-state index in [1.165, 1.54) is 6.92 Å². The van der Waals surface area contributed by atoms with E-state index in [-0.39, 0.29) is 29.9 Å². The second-order valence-electron chi connectivity index (χ2n) is 6.17. The molecule has 2 aliphatic rings. The summed E-state index contributed by atoms with van der Waals surface area (Å²) in [4.78, 5) is 23.6. The van der Waals surface area contributed by atoms with E-state index in [9.17, 15) is 9.59 Å². The van der Waals surface area contributed by atoms with Gasteiger partial charge in [0.2, 0.25) is 0 Å². The van der Waals surface area contributed by atoms with Gasteiger partial charge in [0.15, 0.2) is 5.78 Å². The van der Waals surface area contributed by atoms with E-state index < -0.39 is 0 Å². The van der Waals surface area contributed by atoms with Crippen molar-refractivity contribution in [2.24, 2.45) is 11.8 Å². The minimum absolute atomic E-state index is 0.0286. The number of fused-ring (bicyclic) bond motifs is 1. The molecule has 6 nitrogen and oxygen atoms in total. The summed E-state index contributed by atoms with van der Waals surface area (Å²) in [6.07, 6.45) is 1.16. The van der Waals surface area contributed by atoms with Crippen LogP contribution in [0.2, 0.25) is 0 Å². The molecule has 23 heavy (non-hydrogen) atoms. The summed E-state index contributed by atoms with van der Waals surface area (Å²) in [5, 5.41) is 5.82. The topological polar surface area (TPSA) is 76.7 Å². The van der Waals surface area contributed by atoms with Crippen LogP contribution in [0.15, 0.2) is 24.3 Å². The van der Waals surface area contributed by atoms with Crippen molar-refractivity contribution < 1.29 is 19.1 Å². The standard InChI is InChI=1S/C17H22N2O4/c1-10(20)11-4-3-5-12(8-11)18-17(21)19-15-13-6-7-23-16(13)14(15)9-22-2/h3-5,8,13-16H,6-7,9H2,1-2H3,(H2,18,19,21)/t13-,14-,15-,16-/m1/s1. The summed E-state index contributed by atoms with van der Waals surface area (Å²) in [7, 11) is 1.66. The van der Waals surface area contributed by atoms with E-state index >= 15 is 0 Å². The van der Waals surface area contributed by atoms with Crippen molar-refractivity contribution in [3.05, 3.63) is 29.8 Å².